The molecule has 1 aromatic carbocycles. The monoisotopic (exact) mass is 220 g/mol. The van der Waals surface area contributed by atoms with Gasteiger partial charge in [-0.15, -0.1) is 11.3 Å². The van der Waals surface area contributed by atoms with Gasteiger partial charge in [-0.05, 0) is 5.56 Å². The lowest BCUT2D eigenvalue weighted by atomic mass is 10.1. The van der Waals surface area contributed by atoms with Gasteiger partial charge in [-0.2, -0.15) is 0 Å². The van der Waals surface area contributed by atoms with Gasteiger partial charge in [0, 0.05) is 30.1 Å². The molecule has 0 spiro atoms. The van der Waals surface area contributed by atoms with Crippen molar-refractivity contribution < 1.29 is 4.92 Å². The standard InChI is InChI=1S/C10H8N2O2S/c13-12(14)9-3-1-8(2-4-9)7-10-11-5-6-15-10/h1-6H,7H2. The lowest BCUT2D eigenvalue weighted by Gasteiger charge is -1.97. The molecule has 0 unspecified atom stereocenters. The van der Waals surface area contributed by atoms with Crippen LogP contribution in [0.3, 0.4) is 0 Å². The molecular weight excluding hydrogens is 212 g/mol. The second-order valence-electron chi connectivity index (χ2n) is 3.03. The second-order valence-corrected chi connectivity index (χ2v) is 4.01. The summed E-state index contributed by atoms with van der Waals surface area (Å²) in [6, 6.07) is 6.56. The first-order chi connectivity index (χ1) is 7.25. The topological polar surface area (TPSA) is 56.0 Å². The third kappa shape index (κ3) is 2.38. The van der Waals surface area contributed by atoms with Crippen molar-refractivity contribution in [1.82, 2.24) is 4.98 Å². The van der Waals surface area contributed by atoms with Gasteiger partial charge in [0.25, 0.3) is 5.69 Å². The molecule has 5 heteroatoms. The Labute approximate surface area is 90.4 Å². The highest BCUT2D eigenvalue weighted by Crippen LogP contribution is 2.15. The van der Waals surface area contributed by atoms with Crippen molar-refractivity contribution in [1.29, 1.82) is 0 Å². The number of rotatable bonds is 3. The summed E-state index contributed by atoms with van der Waals surface area (Å²) in [6.07, 6.45) is 2.49. The lowest BCUT2D eigenvalue weighted by Crippen LogP contribution is -1.90. The first-order valence-corrected chi connectivity index (χ1v) is 5.25. The number of benzene rings is 1. The molecule has 1 aromatic heterocycles. The van der Waals surface area contributed by atoms with Crippen LogP contribution in [0.2, 0.25) is 0 Å². The summed E-state index contributed by atoms with van der Waals surface area (Å²) < 4.78 is 0. The number of hydrogen-bond acceptors (Lipinski definition) is 4. The number of nitro groups is 1. The van der Waals surface area contributed by atoms with Crippen molar-refractivity contribution in [3.05, 3.63) is 56.5 Å². The fourth-order valence-corrected chi connectivity index (χ4v) is 1.90. The third-order valence-electron chi connectivity index (χ3n) is 1.99. The summed E-state index contributed by atoms with van der Waals surface area (Å²) >= 11 is 1.58. The van der Waals surface area contributed by atoms with Gasteiger partial charge >= 0.3 is 0 Å². The van der Waals surface area contributed by atoms with E-state index in [9.17, 15) is 10.1 Å². The predicted molar refractivity (Wildman–Crippen MR) is 58.0 cm³/mol. The van der Waals surface area contributed by atoms with Gasteiger partial charge in [0.15, 0.2) is 0 Å². The van der Waals surface area contributed by atoms with Gasteiger partial charge in [0.05, 0.1) is 9.93 Å². The van der Waals surface area contributed by atoms with Crippen LogP contribution in [-0.4, -0.2) is 9.91 Å². The highest BCUT2D eigenvalue weighted by Gasteiger charge is 2.04. The lowest BCUT2D eigenvalue weighted by molar-refractivity contribution is -0.384. The molecular formula is C10H8N2O2S. The van der Waals surface area contributed by atoms with E-state index in [0.29, 0.717) is 0 Å². The summed E-state index contributed by atoms with van der Waals surface area (Å²) in [7, 11) is 0. The zero-order valence-corrected chi connectivity index (χ0v) is 8.61. The van der Waals surface area contributed by atoms with Gasteiger partial charge < -0.3 is 0 Å². The van der Waals surface area contributed by atoms with E-state index in [1.165, 1.54) is 12.1 Å². The molecule has 0 aliphatic heterocycles. The van der Waals surface area contributed by atoms with Crippen LogP contribution in [-0.2, 0) is 6.42 Å². The van der Waals surface area contributed by atoms with Crippen LogP contribution >= 0.6 is 11.3 Å². The Morgan fingerprint density at radius 1 is 1.33 bits per heavy atom. The van der Waals surface area contributed by atoms with Crippen LogP contribution in [0.5, 0.6) is 0 Å². The van der Waals surface area contributed by atoms with Crippen LogP contribution in [0.25, 0.3) is 0 Å². The highest BCUT2D eigenvalue weighted by molar-refractivity contribution is 7.09. The highest BCUT2D eigenvalue weighted by atomic mass is 32.1. The van der Waals surface area contributed by atoms with Crippen molar-refractivity contribution in [2.75, 3.05) is 0 Å². The third-order valence-corrected chi connectivity index (χ3v) is 2.77. The number of nitrogens with zero attached hydrogens (tertiary/aromatic N) is 2. The minimum atomic E-state index is -0.396. The van der Waals surface area contributed by atoms with E-state index in [2.05, 4.69) is 4.98 Å². The van der Waals surface area contributed by atoms with E-state index in [-0.39, 0.29) is 5.69 Å². The largest absolute Gasteiger partial charge is 0.269 e. The van der Waals surface area contributed by atoms with Gasteiger partial charge in [0.1, 0.15) is 0 Å². The molecule has 0 amide bonds. The van der Waals surface area contributed by atoms with E-state index >= 15 is 0 Å². The minimum Gasteiger partial charge on any atom is -0.258 e. The zero-order chi connectivity index (χ0) is 10.7. The molecule has 2 rings (SSSR count). The summed E-state index contributed by atoms with van der Waals surface area (Å²) in [5.41, 5.74) is 1.16. The maximum atomic E-state index is 10.4. The molecule has 1 heterocycles. The minimum absolute atomic E-state index is 0.123. The van der Waals surface area contributed by atoms with Gasteiger partial charge in [-0.1, -0.05) is 12.1 Å². The Kier molecular flexibility index (Phi) is 2.73. The quantitative estimate of drug-likeness (QED) is 0.590. The Bertz CT molecular complexity index is 451. The van der Waals surface area contributed by atoms with Crippen LogP contribution in [0.1, 0.15) is 10.6 Å². The Hall–Kier alpha value is -1.75. The molecule has 0 bridgehead atoms. The summed E-state index contributed by atoms with van der Waals surface area (Å²) in [4.78, 5) is 14.2. The molecule has 0 aliphatic carbocycles. The number of thiazole rings is 1. The molecule has 0 radical (unpaired) electrons. The number of non-ortho nitro benzene ring substituents is 1. The van der Waals surface area contributed by atoms with E-state index in [1.54, 1.807) is 29.7 Å². The molecule has 0 saturated carbocycles. The summed E-state index contributed by atoms with van der Waals surface area (Å²) in [5, 5.41) is 13.4. The molecule has 15 heavy (non-hydrogen) atoms. The van der Waals surface area contributed by atoms with Crippen molar-refractivity contribution in [3.8, 4) is 0 Å². The Morgan fingerprint density at radius 3 is 2.60 bits per heavy atom. The van der Waals surface area contributed by atoms with Gasteiger partial charge in [-0.3, -0.25) is 10.1 Å². The average molecular weight is 220 g/mol. The Morgan fingerprint density at radius 2 is 2.07 bits per heavy atom. The Balaban J connectivity index is 2.14. The first kappa shape index (κ1) is 9.79. The number of aromatic nitrogens is 1. The molecule has 0 atom stereocenters. The second kappa shape index (κ2) is 4.18. The van der Waals surface area contributed by atoms with Crippen molar-refractivity contribution in [2.24, 2.45) is 0 Å². The summed E-state index contributed by atoms with van der Waals surface area (Å²) in [5.74, 6) is 0. The maximum Gasteiger partial charge on any atom is 0.269 e. The van der Waals surface area contributed by atoms with E-state index in [4.69, 9.17) is 0 Å². The van der Waals surface area contributed by atoms with E-state index < -0.39 is 4.92 Å². The smallest absolute Gasteiger partial charge is 0.258 e. The van der Waals surface area contributed by atoms with Crippen LogP contribution in [0, 0.1) is 10.1 Å². The van der Waals surface area contributed by atoms with Crippen molar-refractivity contribution in [2.45, 2.75) is 6.42 Å². The fraction of sp³-hybridized carbons (Fsp3) is 0.100. The molecule has 4 nitrogen and oxygen atoms in total. The van der Waals surface area contributed by atoms with E-state index in [0.717, 1.165) is 17.0 Å². The molecule has 0 fully saturated rings. The normalized spacial score (nSPS) is 10.1. The number of nitro benzene ring substituents is 1. The zero-order valence-electron chi connectivity index (χ0n) is 7.79. The first-order valence-electron chi connectivity index (χ1n) is 4.37. The van der Waals surface area contributed by atoms with Crippen LogP contribution < -0.4 is 0 Å². The maximum absolute atomic E-state index is 10.4. The van der Waals surface area contributed by atoms with Gasteiger partial charge in [0.2, 0.25) is 0 Å². The van der Waals surface area contributed by atoms with Crippen LogP contribution in [0.15, 0.2) is 35.8 Å². The summed E-state index contributed by atoms with van der Waals surface area (Å²) in [6.45, 7) is 0. The molecule has 0 aliphatic rings. The molecule has 76 valence electrons. The predicted octanol–water partition coefficient (Wildman–Crippen LogP) is 2.64. The SMILES string of the molecule is O=[N+]([O-])c1ccc(Cc2nccs2)cc1. The van der Waals surface area contributed by atoms with Gasteiger partial charge in [-0.25, -0.2) is 4.98 Å². The number of hydrogen-bond donors (Lipinski definition) is 0. The fourth-order valence-electron chi connectivity index (χ4n) is 1.25. The van der Waals surface area contributed by atoms with Crippen molar-refractivity contribution in [3.63, 3.8) is 0 Å². The molecule has 0 N–H and O–H groups in total. The van der Waals surface area contributed by atoms with Crippen molar-refractivity contribution >= 4 is 17.0 Å². The van der Waals surface area contributed by atoms with E-state index in [1.807, 2.05) is 5.38 Å². The average Bonchev–Trinajstić information content (AvgIpc) is 2.71. The molecule has 0 saturated heterocycles. The van der Waals surface area contributed by atoms with Crippen LogP contribution in [0.4, 0.5) is 5.69 Å². The molecule has 2 aromatic rings.